The first-order chi connectivity index (χ1) is 6.83. The van der Waals surface area contributed by atoms with Crippen molar-refractivity contribution >= 4 is 11.0 Å². The maximum Gasteiger partial charge on any atom is 0.147 e. The number of nitrogens with zero attached hydrogens (tertiary/aromatic N) is 2. The van der Waals surface area contributed by atoms with E-state index in [1.807, 2.05) is 29.8 Å². The molecule has 2 rings (SSSR count). The fraction of sp³-hybridized carbons (Fsp3) is 0.300. The highest BCUT2D eigenvalue weighted by atomic mass is 16.5. The zero-order chi connectivity index (χ0) is 9.97. The average Bonchev–Trinajstić information content (AvgIpc) is 2.58. The molecule has 0 bridgehead atoms. The van der Waals surface area contributed by atoms with Gasteiger partial charge in [0.15, 0.2) is 0 Å². The molecule has 14 heavy (non-hydrogen) atoms. The van der Waals surface area contributed by atoms with Gasteiger partial charge in [0.25, 0.3) is 0 Å². The predicted octanol–water partition coefficient (Wildman–Crippen LogP) is 0.911. The standard InChI is InChI=1S/C10H13N3O/c1-13-7-12-10-8(13)3-2-4-9(10)14-6-5-11/h2-4,7H,5-6,11H2,1H3. The molecule has 0 spiro atoms. The van der Waals surface area contributed by atoms with Crippen molar-refractivity contribution in [2.24, 2.45) is 12.8 Å². The van der Waals surface area contributed by atoms with Crippen molar-refractivity contribution in [3.8, 4) is 5.75 Å². The molecule has 0 saturated carbocycles. The first-order valence-electron chi connectivity index (χ1n) is 4.56. The third-order valence-corrected chi connectivity index (χ3v) is 2.09. The van der Waals surface area contributed by atoms with Crippen molar-refractivity contribution in [3.63, 3.8) is 0 Å². The Morgan fingerprint density at radius 2 is 2.36 bits per heavy atom. The number of imidazole rings is 1. The van der Waals surface area contributed by atoms with Gasteiger partial charge < -0.3 is 15.0 Å². The van der Waals surface area contributed by atoms with Crippen molar-refractivity contribution in [2.45, 2.75) is 0 Å². The molecule has 2 N–H and O–H groups in total. The van der Waals surface area contributed by atoms with Crippen molar-refractivity contribution in [3.05, 3.63) is 24.5 Å². The van der Waals surface area contributed by atoms with Gasteiger partial charge >= 0.3 is 0 Å². The van der Waals surface area contributed by atoms with Crippen molar-refractivity contribution in [1.82, 2.24) is 9.55 Å². The highest BCUT2D eigenvalue weighted by molar-refractivity contribution is 5.81. The van der Waals surface area contributed by atoms with Crippen LogP contribution < -0.4 is 10.5 Å². The van der Waals surface area contributed by atoms with Crippen LogP contribution in [-0.4, -0.2) is 22.7 Å². The van der Waals surface area contributed by atoms with E-state index >= 15 is 0 Å². The second-order valence-electron chi connectivity index (χ2n) is 3.12. The summed E-state index contributed by atoms with van der Waals surface area (Å²) in [5.74, 6) is 0.800. The molecule has 0 amide bonds. The first kappa shape index (κ1) is 9.02. The van der Waals surface area contributed by atoms with Crippen LogP contribution in [0.5, 0.6) is 5.75 Å². The highest BCUT2D eigenvalue weighted by Gasteiger charge is 2.05. The monoisotopic (exact) mass is 191 g/mol. The molecule has 0 aliphatic rings. The van der Waals surface area contributed by atoms with Crippen LogP contribution in [-0.2, 0) is 7.05 Å². The number of rotatable bonds is 3. The number of ether oxygens (including phenoxy) is 1. The maximum atomic E-state index is 5.48. The van der Waals surface area contributed by atoms with Gasteiger partial charge in [-0.15, -0.1) is 0 Å². The number of hydrogen-bond donors (Lipinski definition) is 1. The van der Waals surface area contributed by atoms with Gasteiger partial charge in [-0.2, -0.15) is 0 Å². The molecular weight excluding hydrogens is 178 g/mol. The molecule has 74 valence electrons. The molecule has 0 radical (unpaired) electrons. The lowest BCUT2D eigenvalue weighted by Gasteiger charge is -2.04. The Bertz CT molecular complexity index is 436. The van der Waals surface area contributed by atoms with Crippen LogP contribution in [0.25, 0.3) is 11.0 Å². The number of aromatic nitrogens is 2. The summed E-state index contributed by atoms with van der Waals surface area (Å²) >= 11 is 0. The molecule has 1 aromatic carbocycles. The minimum Gasteiger partial charge on any atom is -0.490 e. The van der Waals surface area contributed by atoms with Gasteiger partial charge in [0, 0.05) is 13.6 Å². The molecule has 0 aliphatic heterocycles. The zero-order valence-electron chi connectivity index (χ0n) is 8.10. The van der Waals surface area contributed by atoms with Gasteiger partial charge in [-0.05, 0) is 12.1 Å². The van der Waals surface area contributed by atoms with E-state index in [0.29, 0.717) is 13.2 Å². The van der Waals surface area contributed by atoms with E-state index < -0.39 is 0 Å². The van der Waals surface area contributed by atoms with E-state index in [4.69, 9.17) is 10.5 Å². The summed E-state index contributed by atoms with van der Waals surface area (Å²) in [4.78, 5) is 4.27. The van der Waals surface area contributed by atoms with Crippen LogP contribution in [0, 0.1) is 0 Å². The molecule has 1 heterocycles. The lowest BCUT2D eigenvalue weighted by Crippen LogP contribution is -2.10. The van der Waals surface area contributed by atoms with E-state index in [1.54, 1.807) is 6.33 Å². The molecule has 0 unspecified atom stereocenters. The summed E-state index contributed by atoms with van der Waals surface area (Å²) in [5, 5.41) is 0. The fourth-order valence-corrected chi connectivity index (χ4v) is 1.42. The van der Waals surface area contributed by atoms with E-state index in [0.717, 1.165) is 16.8 Å². The molecule has 4 heteroatoms. The smallest absolute Gasteiger partial charge is 0.147 e. The largest absolute Gasteiger partial charge is 0.490 e. The molecule has 4 nitrogen and oxygen atoms in total. The third kappa shape index (κ3) is 1.44. The molecule has 0 atom stereocenters. The normalized spacial score (nSPS) is 10.7. The van der Waals surface area contributed by atoms with E-state index in [2.05, 4.69) is 4.98 Å². The van der Waals surface area contributed by atoms with Crippen LogP contribution in [0.4, 0.5) is 0 Å². The van der Waals surface area contributed by atoms with Crippen LogP contribution in [0.3, 0.4) is 0 Å². The van der Waals surface area contributed by atoms with Gasteiger partial charge in [-0.1, -0.05) is 6.07 Å². The Hall–Kier alpha value is -1.55. The van der Waals surface area contributed by atoms with Gasteiger partial charge in [0.05, 0.1) is 11.8 Å². The Morgan fingerprint density at radius 3 is 3.14 bits per heavy atom. The predicted molar refractivity (Wildman–Crippen MR) is 55.3 cm³/mol. The molecule has 0 aliphatic carbocycles. The summed E-state index contributed by atoms with van der Waals surface area (Å²) in [5.41, 5.74) is 7.34. The van der Waals surface area contributed by atoms with Gasteiger partial charge in [0.2, 0.25) is 0 Å². The number of benzene rings is 1. The highest BCUT2D eigenvalue weighted by Crippen LogP contribution is 2.23. The van der Waals surface area contributed by atoms with Crippen molar-refractivity contribution in [2.75, 3.05) is 13.2 Å². The van der Waals surface area contributed by atoms with Crippen LogP contribution in [0.2, 0.25) is 0 Å². The number of hydrogen-bond acceptors (Lipinski definition) is 3. The Labute approximate surface area is 82.3 Å². The van der Waals surface area contributed by atoms with Crippen molar-refractivity contribution in [1.29, 1.82) is 0 Å². The number of fused-ring (bicyclic) bond motifs is 1. The molecule has 2 aromatic rings. The summed E-state index contributed by atoms with van der Waals surface area (Å²) in [6.45, 7) is 1.04. The summed E-state index contributed by atoms with van der Waals surface area (Å²) < 4.78 is 7.44. The Morgan fingerprint density at radius 1 is 1.50 bits per heavy atom. The SMILES string of the molecule is Cn1cnc2c(OCCN)cccc21. The fourth-order valence-electron chi connectivity index (χ4n) is 1.42. The van der Waals surface area contributed by atoms with E-state index in [-0.39, 0.29) is 0 Å². The van der Waals surface area contributed by atoms with E-state index in [9.17, 15) is 0 Å². The second kappa shape index (κ2) is 3.67. The quantitative estimate of drug-likeness (QED) is 0.784. The van der Waals surface area contributed by atoms with Gasteiger partial charge in [-0.25, -0.2) is 4.98 Å². The van der Waals surface area contributed by atoms with Crippen LogP contribution in [0.15, 0.2) is 24.5 Å². The summed E-state index contributed by atoms with van der Waals surface area (Å²) in [7, 11) is 1.96. The topological polar surface area (TPSA) is 53.1 Å². The number of para-hydroxylation sites is 1. The lowest BCUT2D eigenvalue weighted by atomic mass is 10.3. The average molecular weight is 191 g/mol. The molecule has 1 aromatic heterocycles. The maximum absolute atomic E-state index is 5.48. The van der Waals surface area contributed by atoms with Crippen LogP contribution in [0.1, 0.15) is 0 Å². The number of nitrogens with two attached hydrogens (primary N) is 1. The van der Waals surface area contributed by atoms with Crippen LogP contribution >= 0.6 is 0 Å². The minimum absolute atomic E-state index is 0.517. The van der Waals surface area contributed by atoms with Crippen molar-refractivity contribution < 1.29 is 4.74 Å². The summed E-state index contributed by atoms with van der Waals surface area (Å²) in [6.07, 6.45) is 1.78. The third-order valence-electron chi connectivity index (χ3n) is 2.09. The van der Waals surface area contributed by atoms with Gasteiger partial charge in [-0.3, -0.25) is 0 Å². The molecular formula is C10H13N3O. The minimum atomic E-state index is 0.517. The van der Waals surface area contributed by atoms with Gasteiger partial charge in [0.1, 0.15) is 17.9 Å². The lowest BCUT2D eigenvalue weighted by molar-refractivity contribution is 0.331. The first-order valence-corrected chi connectivity index (χ1v) is 4.56. The zero-order valence-corrected chi connectivity index (χ0v) is 8.10. The molecule has 0 saturated heterocycles. The Kier molecular flexibility index (Phi) is 2.37. The summed E-state index contributed by atoms with van der Waals surface area (Å²) in [6, 6.07) is 5.87. The number of aryl methyl sites for hydroxylation is 1. The Balaban J connectivity index is 2.44. The van der Waals surface area contributed by atoms with E-state index in [1.165, 1.54) is 0 Å². The molecule has 0 fully saturated rings. The second-order valence-corrected chi connectivity index (χ2v) is 3.12.